The lowest BCUT2D eigenvalue weighted by atomic mass is 9.96. The maximum atomic E-state index is 13.6. The second kappa shape index (κ2) is 6.96. The summed E-state index contributed by atoms with van der Waals surface area (Å²) in [6.45, 7) is 1.02. The molecule has 2 heterocycles. The molecule has 0 saturated carbocycles. The molecule has 2 saturated heterocycles. The average Bonchev–Trinajstić information content (AvgIpc) is 3.28. The Kier molecular flexibility index (Phi) is 4.61. The summed E-state index contributed by atoms with van der Waals surface area (Å²) in [7, 11) is 0. The van der Waals surface area contributed by atoms with Gasteiger partial charge in [0.25, 0.3) is 0 Å². The summed E-state index contributed by atoms with van der Waals surface area (Å²) in [6, 6.07) is 10.3. The van der Waals surface area contributed by atoms with Crippen molar-refractivity contribution >= 4 is 23.2 Å². The molecule has 0 aromatic heterocycles. The molecule has 2 aliphatic heterocycles. The lowest BCUT2D eigenvalue weighted by Gasteiger charge is -2.24. The molecule has 146 valence electrons. The largest absolute Gasteiger partial charge is 0.417 e. The molecule has 0 atom stereocenters. The van der Waals surface area contributed by atoms with Crippen LogP contribution in [0.1, 0.15) is 31.2 Å². The standard InChI is InChI=1S/C21H19F3N2O2/c22-21(23,24)17-6-2-1-5-15(17)16-13-14(25-11-3-7-19(25)27)9-10-18(16)26-12-4-8-20(26)28/h1-2,5-6,9-10,13H,3-4,7-8,11-12H2. The van der Waals surface area contributed by atoms with Gasteiger partial charge in [0.2, 0.25) is 11.8 Å². The number of benzene rings is 2. The van der Waals surface area contributed by atoms with Gasteiger partial charge in [0.05, 0.1) is 11.3 Å². The zero-order valence-corrected chi connectivity index (χ0v) is 15.1. The molecule has 4 rings (SSSR count). The Hall–Kier alpha value is -2.83. The topological polar surface area (TPSA) is 40.6 Å². The number of hydrogen-bond acceptors (Lipinski definition) is 2. The van der Waals surface area contributed by atoms with Gasteiger partial charge in [0.1, 0.15) is 0 Å². The molecular weight excluding hydrogens is 369 g/mol. The van der Waals surface area contributed by atoms with Crippen molar-refractivity contribution < 1.29 is 22.8 Å². The van der Waals surface area contributed by atoms with Crippen molar-refractivity contribution in [3.8, 4) is 11.1 Å². The van der Waals surface area contributed by atoms with Crippen molar-refractivity contribution in [1.82, 2.24) is 0 Å². The minimum atomic E-state index is -4.53. The predicted molar refractivity (Wildman–Crippen MR) is 100 cm³/mol. The van der Waals surface area contributed by atoms with E-state index in [2.05, 4.69) is 0 Å². The first kappa shape index (κ1) is 18.5. The Bertz CT molecular complexity index is 939. The number of halogens is 3. The lowest BCUT2D eigenvalue weighted by molar-refractivity contribution is -0.137. The van der Waals surface area contributed by atoms with Gasteiger partial charge in [-0.2, -0.15) is 13.2 Å². The minimum absolute atomic E-state index is 0.0122. The number of alkyl halides is 3. The van der Waals surface area contributed by atoms with Crippen molar-refractivity contribution in [2.24, 2.45) is 0 Å². The molecule has 0 radical (unpaired) electrons. The molecule has 2 amide bonds. The first-order valence-electron chi connectivity index (χ1n) is 9.27. The summed E-state index contributed by atoms with van der Waals surface area (Å²) in [5.41, 5.74) is 0.589. The van der Waals surface area contributed by atoms with E-state index in [1.54, 1.807) is 29.2 Å². The van der Waals surface area contributed by atoms with Crippen LogP contribution in [0.2, 0.25) is 0 Å². The van der Waals surface area contributed by atoms with Crippen LogP contribution in [0.15, 0.2) is 42.5 Å². The summed E-state index contributed by atoms with van der Waals surface area (Å²) >= 11 is 0. The monoisotopic (exact) mass is 388 g/mol. The van der Waals surface area contributed by atoms with E-state index in [0.717, 1.165) is 12.5 Å². The van der Waals surface area contributed by atoms with E-state index in [1.165, 1.54) is 17.0 Å². The Morgan fingerprint density at radius 2 is 1.43 bits per heavy atom. The van der Waals surface area contributed by atoms with Crippen molar-refractivity contribution in [3.63, 3.8) is 0 Å². The van der Waals surface area contributed by atoms with E-state index < -0.39 is 11.7 Å². The highest BCUT2D eigenvalue weighted by molar-refractivity contribution is 6.02. The Morgan fingerprint density at radius 3 is 2.04 bits per heavy atom. The fraction of sp³-hybridized carbons (Fsp3) is 0.333. The molecule has 0 aliphatic carbocycles. The lowest BCUT2D eigenvalue weighted by Crippen LogP contribution is -2.26. The molecule has 0 N–H and O–H groups in total. The number of nitrogens with zero attached hydrogens (tertiary/aromatic N) is 2. The zero-order valence-electron chi connectivity index (χ0n) is 15.1. The fourth-order valence-corrected chi connectivity index (χ4v) is 3.93. The normalized spacial score (nSPS) is 17.7. The third-order valence-electron chi connectivity index (χ3n) is 5.25. The highest BCUT2D eigenvalue weighted by atomic mass is 19.4. The number of amides is 2. The van der Waals surface area contributed by atoms with Crippen molar-refractivity contribution in [1.29, 1.82) is 0 Å². The highest BCUT2D eigenvalue weighted by Gasteiger charge is 2.35. The molecule has 0 spiro atoms. The van der Waals surface area contributed by atoms with Crippen LogP contribution in [-0.4, -0.2) is 24.9 Å². The summed E-state index contributed by atoms with van der Waals surface area (Å²) < 4.78 is 40.9. The Labute approximate surface area is 160 Å². The molecule has 0 bridgehead atoms. The molecule has 2 aliphatic rings. The van der Waals surface area contributed by atoms with Crippen LogP contribution < -0.4 is 9.80 Å². The maximum Gasteiger partial charge on any atom is 0.417 e. The number of hydrogen-bond donors (Lipinski definition) is 0. The SMILES string of the molecule is O=C1CCCN1c1ccc(N2CCCC2=O)c(-c2ccccc2C(F)(F)F)c1. The third kappa shape index (κ3) is 3.25. The van der Waals surface area contributed by atoms with Crippen LogP contribution in [-0.2, 0) is 15.8 Å². The molecule has 2 aromatic rings. The quantitative estimate of drug-likeness (QED) is 0.770. The Morgan fingerprint density at radius 1 is 0.786 bits per heavy atom. The smallest absolute Gasteiger partial charge is 0.312 e. The van der Waals surface area contributed by atoms with E-state index in [0.29, 0.717) is 49.3 Å². The van der Waals surface area contributed by atoms with Gasteiger partial charge in [-0.05, 0) is 42.7 Å². The van der Waals surface area contributed by atoms with E-state index in [9.17, 15) is 22.8 Å². The van der Waals surface area contributed by atoms with Gasteiger partial charge < -0.3 is 9.80 Å². The molecule has 4 nitrogen and oxygen atoms in total. The average molecular weight is 388 g/mol. The van der Waals surface area contributed by atoms with Gasteiger partial charge >= 0.3 is 6.18 Å². The zero-order chi connectivity index (χ0) is 19.9. The number of anilines is 2. The summed E-state index contributed by atoms with van der Waals surface area (Å²) in [4.78, 5) is 27.5. The molecule has 2 fully saturated rings. The van der Waals surface area contributed by atoms with Crippen molar-refractivity contribution in [3.05, 3.63) is 48.0 Å². The number of carbonyl (C=O) groups excluding carboxylic acids is 2. The fourth-order valence-electron chi connectivity index (χ4n) is 3.93. The van der Waals surface area contributed by atoms with E-state index >= 15 is 0 Å². The van der Waals surface area contributed by atoms with Gasteiger partial charge in [-0.25, -0.2) is 0 Å². The van der Waals surface area contributed by atoms with Crippen LogP contribution in [0.3, 0.4) is 0 Å². The molecule has 2 aromatic carbocycles. The van der Waals surface area contributed by atoms with Crippen molar-refractivity contribution in [2.45, 2.75) is 31.9 Å². The van der Waals surface area contributed by atoms with Gasteiger partial charge in [-0.3, -0.25) is 9.59 Å². The van der Waals surface area contributed by atoms with E-state index in [-0.39, 0.29) is 17.4 Å². The van der Waals surface area contributed by atoms with Crippen LogP contribution in [0.4, 0.5) is 24.5 Å². The summed E-state index contributed by atoms with van der Waals surface area (Å²) in [5, 5.41) is 0. The van der Waals surface area contributed by atoms with Crippen molar-refractivity contribution in [2.75, 3.05) is 22.9 Å². The number of carbonyl (C=O) groups is 2. The van der Waals surface area contributed by atoms with E-state index in [1.807, 2.05) is 0 Å². The minimum Gasteiger partial charge on any atom is -0.312 e. The Balaban J connectivity index is 1.90. The van der Waals surface area contributed by atoms with Crippen LogP contribution >= 0.6 is 0 Å². The van der Waals surface area contributed by atoms with Gasteiger partial charge in [0, 0.05) is 37.2 Å². The molecule has 28 heavy (non-hydrogen) atoms. The molecule has 0 unspecified atom stereocenters. The van der Waals surface area contributed by atoms with Gasteiger partial charge in [-0.1, -0.05) is 18.2 Å². The van der Waals surface area contributed by atoms with Crippen LogP contribution in [0.25, 0.3) is 11.1 Å². The highest BCUT2D eigenvalue weighted by Crippen LogP contribution is 2.43. The second-order valence-electron chi connectivity index (χ2n) is 7.04. The predicted octanol–water partition coefficient (Wildman–Crippen LogP) is 4.63. The van der Waals surface area contributed by atoms with Crippen LogP contribution in [0.5, 0.6) is 0 Å². The maximum absolute atomic E-state index is 13.6. The third-order valence-corrected chi connectivity index (χ3v) is 5.25. The van der Waals surface area contributed by atoms with Gasteiger partial charge in [-0.15, -0.1) is 0 Å². The first-order valence-corrected chi connectivity index (χ1v) is 9.27. The molecular formula is C21H19F3N2O2. The first-order chi connectivity index (χ1) is 13.4. The molecule has 7 heteroatoms. The van der Waals surface area contributed by atoms with E-state index in [4.69, 9.17) is 0 Å². The second-order valence-corrected chi connectivity index (χ2v) is 7.04. The summed E-state index contributed by atoms with van der Waals surface area (Å²) in [5.74, 6) is -0.143. The summed E-state index contributed by atoms with van der Waals surface area (Å²) in [6.07, 6.45) is -2.32. The van der Waals surface area contributed by atoms with Gasteiger partial charge in [0.15, 0.2) is 0 Å². The van der Waals surface area contributed by atoms with Crippen LogP contribution in [0, 0.1) is 0 Å². The number of rotatable bonds is 3.